The van der Waals surface area contributed by atoms with Crippen LogP contribution in [0.5, 0.6) is 0 Å². The summed E-state index contributed by atoms with van der Waals surface area (Å²) in [7, 11) is 0. The van der Waals surface area contributed by atoms with E-state index in [1.807, 2.05) is 35.2 Å². The Hall–Kier alpha value is -4.58. The van der Waals surface area contributed by atoms with Crippen molar-refractivity contribution in [3.63, 3.8) is 0 Å². The minimum Gasteiger partial charge on any atom is -0.445 e. The lowest BCUT2D eigenvalue weighted by molar-refractivity contribution is -0.121. The number of carbonyl (C=O) groups excluding carboxylic acids is 3. The quantitative estimate of drug-likeness (QED) is 0.446. The number of carbonyl (C=O) groups is 3. The summed E-state index contributed by atoms with van der Waals surface area (Å²) in [5.41, 5.74) is 7.40. The Bertz CT molecular complexity index is 1400. The van der Waals surface area contributed by atoms with Crippen LogP contribution < -0.4 is 15.1 Å². The fraction of sp³-hybridized carbons (Fsp3) is 0.321. The van der Waals surface area contributed by atoms with Crippen molar-refractivity contribution in [1.29, 1.82) is 0 Å². The molecule has 2 unspecified atom stereocenters. The number of hydrogen-bond donors (Lipinski definition) is 1. The lowest BCUT2D eigenvalue weighted by atomic mass is 10.1. The SMILES string of the molecule is CC(C(N)=O)[N+]1(c2ccc(-c3cnc(N4CCN(C(=O)OCc5ccccc5)CC4)nc3)c(F)c2)CCOC1=O. The fourth-order valence-electron chi connectivity index (χ4n) is 5.02. The van der Waals surface area contributed by atoms with Gasteiger partial charge < -0.3 is 25.0 Å². The third-order valence-corrected chi connectivity index (χ3v) is 7.46. The number of quaternary nitrogens is 1. The van der Waals surface area contributed by atoms with E-state index in [0.29, 0.717) is 37.7 Å². The molecule has 5 rings (SSSR count). The highest BCUT2D eigenvalue weighted by Gasteiger charge is 2.53. The summed E-state index contributed by atoms with van der Waals surface area (Å²) in [6.45, 7) is 4.00. The predicted octanol–water partition coefficient (Wildman–Crippen LogP) is 3.07. The predicted molar refractivity (Wildman–Crippen MR) is 145 cm³/mol. The summed E-state index contributed by atoms with van der Waals surface area (Å²) in [5, 5.41) is 0. The molecule has 0 aliphatic carbocycles. The zero-order valence-electron chi connectivity index (χ0n) is 22.0. The van der Waals surface area contributed by atoms with Crippen molar-refractivity contribution in [3.05, 3.63) is 72.3 Å². The first kappa shape index (κ1) is 27.0. The minimum atomic E-state index is -0.922. The molecule has 2 N–H and O–H groups in total. The van der Waals surface area contributed by atoms with Gasteiger partial charge in [-0.3, -0.25) is 4.79 Å². The molecule has 12 heteroatoms. The molecule has 3 aromatic rings. The van der Waals surface area contributed by atoms with Crippen molar-refractivity contribution in [2.45, 2.75) is 19.6 Å². The Morgan fingerprint density at radius 1 is 1.10 bits per heavy atom. The van der Waals surface area contributed by atoms with Crippen molar-refractivity contribution in [1.82, 2.24) is 19.4 Å². The molecule has 2 aromatic carbocycles. The zero-order valence-corrected chi connectivity index (χ0v) is 22.0. The molecule has 40 heavy (non-hydrogen) atoms. The van der Waals surface area contributed by atoms with Gasteiger partial charge in [0.1, 0.15) is 31.3 Å². The highest BCUT2D eigenvalue weighted by molar-refractivity contribution is 5.93. The van der Waals surface area contributed by atoms with Crippen LogP contribution in [0.25, 0.3) is 11.1 Å². The standard InChI is InChI=1S/C28H29FN6O5/c1-19(25(30)36)35(13-14-39-28(35)38)22-7-8-23(24(29)15-22)21-16-31-26(32-17-21)33-9-11-34(12-10-33)27(37)40-18-20-5-3-2-4-6-20/h2-8,15-17,19H,9-14,18H2,1H3,(H-,30,36)/p+1. The van der Waals surface area contributed by atoms with E-state index in [2.05, 4.69) is 9.97 Å². The van der Waals surface area contributed by atoms with Crippen molar-refractivity contribution in [2.24, 2.45) is 5.73 Å². The van der Waals surface area contributed by atoms with E-state index in [0.717, 1.165) is 5.56 Å². The van der Waals surface area contributed by atoms with Crippen LogP contribution in [0.4, 0.5) is 25.6 Å². The molecule has 208 valence electrons. The molecule has 2 saturated heterocycles. The highest BCUT2D eigenvalue weighted by Crippen LogP contribution is 2.35. The summed E-state index contributed by atoms with van der Waals surface area (Å²) >= 11 is 0. The number of benzene rings is 2. The van der Waals surface area contributed by atoms with E-state index in [1.54, 1.807) is 11.0 Å². The smallest absolute Gasteiger partial charge is 0.445 e. The van der Waals surface area contributed by atoms with Crippen LogP contribution >= 0.6 is 0 Å². The van der Waals surface area contributed by atoms with Crippen LogP contribution in [0, 0.1) is 5.82 Å². The third-order valence-electron chi connectivity index (χ3n) is 7.46. The molecular weight excluding hydrogens is 519 g/mol. The largest absolute Gasteiger partial charge is 0.522 e. The molecule has 11 nitrogen and oxygen atoms in total. The van der Waals surface area contributed by atoms with E-state index in [4.69, 9.17) is 15.2 Å². The van der Waals surface area contributed by atoms with Crippen LogP contribution in [0.1, 0.15) is 12.5 Å². The van der Waals surface area contributed by atoms with Gasteiger partial charge in [-0.15, -0.1) is 0 Å². The first-order valence-corrected chi connectivity index (χ1v) is 13.0. The average molecular weight is 550 g/mol. The summed E-state index contributed by atoms with van der Waals surface area (Å²) in [5.74, 6) is -0.805. The maximum atomic E-state index is 15.3. The number of hydrogen-bond acceptors (Lipinski definition) is 8. The van der Waals surface area contributed by atoms with Gasteiger partial charge in [0, 0.05) is 61.8 Å². The second kappa shape index (κ2) is 11.3. The topological polar surface area (TPSA) is 128 Å². The minimum absolute atomic E-state index is 0.109. The Morgan fingerprint density at radius 2 is 1.80 bits per heavy atom. The van der Waals surface area contributed by atoms with Crippen molar-refractivity contribution >= 4 is 29.7 Å². The highest BCUT2D eigenvalue weighted by atomic mass is 19.1. The molecule has 0 saturated carbocycles. The fourth-order valence-corrected chi connectivity index (χ4v) is 5.02. The second-order valence-corrected chi connectivity index (χ2v) is 9.74. The molecule has 2 aliphatic rings. The normalized spacial score (nSPS) is 19.7. The van der Waals surface area contributed by atoms with E-state index < -0.39 is 28.3 Å². The van der Waals surface area contributed by atoms with Gasteiger partial charge in [-0.05, 0) is 18.6 Å². The molecule has 2 aliphatic heterocycles. The summed E-state index contributed by atoms with van der Waals surface area (Å²) in [4.78, 5) is 49.4. The molecular formula is C28H30FN6O5+. The first-order chi connectivity index (χ1) is 19.3. The lowest BCUT2D eigenvalue weighted by Gasteiger charge is -2.34. The number of nitrogens with zero attached hydrogens (tertiary/aromatic N) is 5. The van der Waals surface area contributed by atoms with Crippen LogP contribution in [0.2, 0.25) is 0 Å². The number of halogens is 1. The van der Waals surface area contributed by atoms with E-state index in [1.165, 1.54) is 31.5 Å². The van der Waals surface area contributed by atoms with Crippen molar-refractivity contribution < 1.29 is 28.2 Å². The van der Waals surface area contributed by atoms with E-state index in [-0.39, 0.29) is 37.1 Å². The van der Waals surface area contributed by atoms with Gasteiger partial charge in [-0.1, -0.05) is 30.3 Å². The van der Waals surface area contributed by atoms with Gasteiger partial charge in [0.15, 0.2) is 6.04 Å². The molecule has 0 spiro atoms. The van der Waals surface area contributed by atoms with Gasteiger partial charge >= 0.3 is 12.2 Å². The van der Waals surface area contributed by atoms with Crippen LogP contribution in [0.15, 0.2) is 60.9 Å². The molecule has 0 radical (unpaired) electrons. The Kier molecular flexibility index (Phi) is 7.60. The summed E-state index contributed by atoms with van der Waals surface area (Å²) in [6, 6.07) is 12.9. The summed E-state index contributed by atoms with van der Waals surface area (Å²) < 4.78 is 25.3. The molecule has 3 amide bonds. The van der Waals surface area contributed by atoms with Gasteiger partial charge in [0.2, 0.25) is 5.95 Å². The van der Waals surface area contributed by atoms with E-state index >= 15 is 4.39 Å². The number of aromatic nitrogens is 2. The van der Waals surface area contributed by atoms with Crippen LogP contribution in [-0.4, -0.2) is 78.3 Å². The zero-order chi connectivity index (χ0) is 28.3. The van der Waals surface area contributed by atoms with Crippen molar-refractivity contribution in [3.8, 4) is 11.1 Å². The second-order valence-electron chi connectivity index (χ2n) is 9.74. The maximum absolute atomic E-state index is 15.3. The molecule has 0 bridgehead atoms. The van der Waals surface area contributed by atoms with Gasteiger partial charge in [-0.2, -0.15) is 9.28 Å². The average Bonchev–Trinajstić information content (AvgIpc) is 3.38. The number of rotatable bonds is 7. The number of anilines is 1. The summed E-state index contributed by atoms with van der Waals surface area (Å²) in [6.07, 6.45) is 2.05. The van der Waals surface area contributed by atoms with Gasteiger partial charge in [0.25, 0.3) is 5.91 Å². The lowest BCUT2D eigenvalue weighted by Crippen LogP contribution is -2.61. The first-order valence-electron chi connectivity index (χ1n) is 13.0. The number of nitrogens with two attached hydrogens (primary N) is 1. The number of primary amides is 1. The maximum Gasteiger partial charge on any atom is 0.522 e. The third kappa shape index (κ3) is 5.17. The van der Waals surface area contributed by atoms with Crippen LogP contribution in [-0.2, 0) is 20.9 Å². The van der Waals surface area contributed by atoms with E-state index in [9.17, 15) is 14.4 Å². The molecule has 2 fully saturated rings. The number of ether oxygens (including phenoxy) is 2. The number of piperazine rings is 1. The van der Waals surface area contributed by atoms with Gasteiger partial charge in [-0.25, -0.2) is 19.2 Å². The molecule has 1 aromatic heterocycles. The monoisotopic (exact) mass is 549 g/mol. The molecule has 2 atom stereocenters. The van der Waals surface area contributed by atoms with Crippen LogP contribution in [0.3, 0.4) is 0 Å². The Labute approximate surface area is 230 Å². The molecule has 3 heterocycles. The van der Waals surface area contributed by atoms with Gasteiger partial charge in [0.05, 0.1) is 0 Å². The van der Waals surface area contributed by atoms with Crippen molar-refractivity contribution in [2.75, 3.05) is 44.2 Å². The number of cyclic esters (lactones) is 1. The Balaban J connectivity index is 1.23. The Morgan fingerprint density at radius 3 is 2.40 bits per heavy atom. The number of amides is 3.